The molecular formula is C47H46N4OPd. The fourth-order valence-electron chi connectivity index (χ4n) is 9.18. The van der Waals surface area contributed by atoms with E-state index in [0.717, 1.165) is 50.3 Å². The molecule has 53 heavy (non-hydrogen) atoms. The van der Waals surface area contributed by atoms with Crippen LogP contribution in [0.15, 0.2) is 91.1 Å². The number of pyridine rings is 1. The fourth-order valence-corrected chi connectivity index (χ4v) is 9.18. The molecule has 3 heterocycles. The Labute approximate surface area is 327 Å². The van der Waals surface area contributed by atoms with Crippen LogP contribution in [0.3, 0.4) is 0 Å². The largest absolute Gasteiger partial charge is 2.00 e. The summed E-state index contributed by atoms with van der Waals surface area (Å²) in [4.78, 5) is 4.73. The number of hydrogen-bond donors (Lipinski definition) is 0. The van der Waals surface area contributed by atoms with Gasteiger partial charge in [-0.15, -0.1) is 35.7 Å². The minimum absolute atomic E-state index is 0. The molecule has 0 atom stereocenters. The minimum atomic E-state index is 0. The molecule has 0 amide bonds. The molecule has 2 aliphatic carbocycles. The Bertz CT molecular complexity index is 2370. The van der Waals surface area contributed by atoms with Gasteiger partial charge in [-0.2, -0.15) is 17.2 Å². The molecule has 270 valence electrons. The van der Waals surface area contributed by atoms with Gasteiger partial charge in [0.2, 0.25) is 0 Å². The standard InChI is InChI=1S/C47H46N4O.Pd/c1-31-26-27-48-45(28-31)50-43-23-11-10-20-41(43)42-25-24-38(30-44(42)50)52-37-19-12-18-36(29-37)51-33(3)46(32(2)49-51)47-39(34-14-6-4-7-15-34)21-13-22-40(47)35-16-8-5-9-17-35;/h10-13,18-28,34-35H,4-9,14-17H2,1-3H3;/q-2;+2. The van der Waals surface area contributed by atoms with Crippen LogP contribution in [-0.2, 0) is 20.4 Å². The second-order valence-electron chi connectivity index (χ2n) is 15.1. The van der Waals surface area contributed by atoms with Crippen molar-refractivity contribution >= 4 is 21.8 Å². The zero-order valence-electron chi connectivity index (χ0n) is 30.9. The van der Waals surface area contributed by atoms with E-state index in [0.29, 0.717) is 23.3 Å². The van der Waals surface area contributed by atoms with E-state index in [4.69, 9.17) is 14.8 Å². The molecule has 4 aromatic carbocycles. The second-order valence-corrected chi connectivity index (χ2v) is 15.1. The molecule has 2 fully saturated rings. The Morgan fingerprint density at radius 3 is 2.06 bits per heavy atom. The van der Waals surface area contributed by atoms with Crippen molar-refractivity contribution in [3.05, 3.63) is 131 Å². The van der Waals surface area contributed by atoms with Crippen molar-refractivity contribution in [3.63, 3.8) is 0 Å². The third kappa shape index (κ3) is 6.66. The summed E-state index contributed by atoms with van der Waals surface area (Å²) in [7, 11) is 0. The molecule has 0 radical (unpaired) electrons. The first-order valence-electron chi connectivity index (χ1n) is 19.3. The van der Waals surface area contributed by atoms with E-state index >= 15 is 0 Å². The van der Waals surface area contributed by atoms with Gasteiger partial charge in [-0.05, 0) is 110 Å². The van der Waals surface area contributed by atoms with Crippen LogP contribution in [0.4, 0.5) is 0 Å². The quantitative estimate of drug-likeness (QED) is 0.119. The summed E-state index contributed by atoms with van der Waals surface area (Å²) in [5, 5.41) is 7.48. The third-order valence-corrected chi connectivity index (χ3v) is 11.6. The molecule has 2 aliphatic rings. The van der Waals surface area contributed by atoms with E-state index in [2.05, 4.69) is 103 Å². The molecule has 6 heteroatoms. The Morgan fingerprint density at radius 2 is 1.34 bits per heavy atom. The van der Waals surface area contributed by atoms with Gasteiger partial charge in [0.15, 0.2) is 0 Å². The topological polar surface area (TPSA) is 44.9 Å². The maximum Gasteiger partial charge on any atom is 2.00 e. The molecule has 0 unspecified atom stereocenters. The van der Waals surface area contributed by atoms with Crippen LogP contribution in [0.5, 0.6) is 11.5 Å². The van der Waals surface area contributed by atoms with E-state index in [1.807, 2.05) is 30.5 Å². The summed E-state index contributed by atoms with van der Waals surface area (Å²) in [6.07, 6.45) is 15.0. The summed E-state index contributed by atoms with van der Waals surface area (Å²) >= 11 is 0. The summed E-state index contributed by atoms with van der Waals surface area (Å²) < 4.78 is 10.8. The molecule has 7 aromatic rings. The molecule has 5 nitrogen and oxygen atoms in total. The average molecular weight is 789 g/mol. The summed E-state index contributed by atoms with van der Waals surface area (Å²) in [6, 6.07) is 37.1. The van der Waals surface area contributed by atoms with Crippen LogP contribution in [0, 0.1) is 32.9 Å². The Hall–Kier alpha value is -4.50. The van der Waals surface area contributed by atoms with Crippen molar-refractivity contribution in [2.45, 2.75) is 96.8 Å². The van der Waals surface area contributed by atoms with Crippen LogP contribution in [-0.4, -0.2) is 19.3 Å². The van der Waals surface area contributed by atoms with Crippen LogP contribution in [0.1, 0.15) is 104 Å². The number of aromatic nitrogens is 4. The maximum absolute atomic E-state index is 6.53. The average Bonchev–Trinajstić information content (AvgIpc) is 3.67. The number of para-hydroxylation sites is 1. The summed E-state index contributed by atoms with van der Waals surface area (Å²) in [5.41, 5.74) is 12.1. The van der Waals surface area contributed by atoms with Crippen LogP contribution in [0.2, 0.25) is 0 Å². The number of nitrogens with zero attached hydrogens (tertiary/aromatic N) is 4. The maximum atomic E-state index is 6.53. The number of fused-ring (bicyclic) bond motifs is 3. The zero-order chi connectivity index (χ0) is 35.2. The second kappa shape index (κ2) is 15.1. The van der Waals surface area contributed by atoms with Crippen molar-refractivity contribution in [2.24, 2.45) is 0 Å². The number of aryl methyl sites for hydroxylation is 2. The van der Waals surface area contributed by atoms with Crippen molar-refractivity contribution in [1.29, 1.82) is 0 Å². The number of hydrogen-bond acceptors (Lipinski definition) is 3. The normalized spacial score (nSPS) is 15.5. The molecule has 0 aliphatic heterocycles. The first-order chi connectivity index (χ1) is 25.5. The van der Waals surface area contributed by atoms with Crippen LogP contribution < -0.4 is 4.74 Å². The molecule has 0 saturated heterocycles. The van der Waals surface area contributed by atoms with Crippen LogP contribution >= 0.6 is 0 Å². The van der Waals surface area contributed by atoms with Gasteiger partial charge in [-0.1, -0.05) is 80.4 Å². The van der Waals surface area contributed by atoms with Gasteiger partial charge in [0.1, 0.15) is 5.82 Å². The van der Waals surface area contributed by atoms with Gasteiger partial charge >= 0.3 is 20.4 Å². The molecule has 3 aromatic heterocycles. The smallest absolute Gasteiger partial charge is 0.509 e. The van der Waals surface area contributed by atoms with Gasteiger partial charge in [-0.25, -0.2) is 4.98 Å². The van der Waals surface area contributed by atoms with Gasteiger partial charge in [-0.3, -0.25) is 4.68 Å². The molecule has 2 saturated carbocycles. The molecule has 0 bridgehead atoms. The zero-order valence-corrected chi connectivity index (χ0v) is 32.5. The SMILES string of the molecule is Cc1ccnc(-n2c3[c-]c(Oc4[c-]c(-n5nc(C)c(-c6c(C7CCCCC7)cccc6C6CCCCC6)c5C)ccc4)ccc3c3ccccc32)c1.[Pd+2]. The molecule has 9 rings (SSSR count). The van der Waals surface area contributed by atoms with E-state index < -0.39 is 0 Å². The van der Waals surface area contributed by atoms with E-state index in [-0.39, 0.29) is 20.4 Å². The number of ether oxygens (including phenoxy) is 1. The van der Waals surface area contributed by atoms with Gasteiger partial charge < -0.3 is 9.30 Å². The molecule has 0 spiro atoms. The Balaban J connectivity index is 0.00000400. The number of benzene rings is 4. The van der Waals surface area contributed by atoms with Gasteiger partial charge in [0, 0.05) is 34.5 Å². The van der Waals surface area contributed by atoms with Crippen molar-refractivity contribution in [3.8, 4) is 34.1 Å². The molecule has 0 N–H and O–H groups in total. The van der Waals surface area contributed by atoms with Crippen molar-refractivity contribution in [1.82, 2.24) is 19.3 Å². The van der Waals surface area contributed by atoms with Crippen molar-refractivity contribution in [2.75, 3.05) is 0 Å². The summed E-state index contributed by atoms with van der Waals surface area (Å²) in [6.45, 7) is 6.52. The number of rotatable bonds is 7. The Morgan fingerprint density at radius 1 is 0.660 bits per heavy atom. The monoisotopic (exact) mass is 788 g/mol. The Kier molecular flexibility index (Phi) is 10.1. The first kappa shape index (κ1) is 35.5. The van der Waals surface area contributed by atoms with Gasteiger partial charge in [0.05, 0.1) is 5.69 Å². The molecular weight excluding hydrogens is 743 g/mol. The predicted octanol–water partition coefficient (Wildman–Crippen LogP) is 12.4. The van der Waals surface area contributed by atoms with Crippen molar-refractivity contribution < 1.29 is 25.2 Å². The van der Waals surface area contributed by atoms with E-state index in [9.17, 15) is 0 Å². The third-order valence-electron chi connectivity index (χ3n) is 11.6. The van der Waals surface area contributed by atoms with E-state index in [1.165, 1.54) is 75.3 Å². The van der Waals surface area contributed by atoms with E-state index in [1.54, 1.807) is 11.1 Å². The van der Waals surface area contributed by atoms with Crippen LogP contribution in [0.25, 0.3) is 44.4 Å². The van der Waals surface area contributed by atoms with Gasteiger partial charge in [0.25, 0.3) is 0 Å². The predicted molar refractivity (Wildman–Crippen MR) is 211 cm³/mol. The minimum Gasteiger partial charge on any atom is -0.509 e. The summed E-state index contributed by atoms with van der Waals surface area (Å²) in [5.74, 6) is 3.36. The fraction of sp³-hybridized carbons (Fsp3) is 0.319. The first-order valence-corrected chi connectivity index (χ1v) is 19.3.